The van der Waals surface area contributed by atoms with Crippen molar-refractivity contribution >= 4 is 45.0 Å². The number of carbonyl (C=O) groups is 1. The average Bonchev–Trinajstić information content (AvgIpc) is 3.54. The molecule has 0 N–H and O–H groups in total. The number of amides is 1. The zero-order valence-corrected chi connectivity index (χ0v) is 25.5. The first-order valence-electron chi connectivity index (χ1n) is 15.0. The molecule has 5 heterocycles. The lowest BCUT2D eigenvalue weighted by molar-refractivity contribution is -0.139. The van der Waals surface area contributed by atoms with Crippen molar-refractivity contribution < 1.29 is 22.7 Å². The van der Waals surface area contributed by atoms with Crippen LogP contribution in [0.15, 0.2) is 55.3 Å². The molecular weight excluding hydrogens is 605 g/mol. The first-order chi connectivity index (χ1) is 21.6. The van der Waals surface area contributed by atoms with E-state index < -0.39 is 23.2 Å². The van der Waals surface area contributed by atoms with Crippen LogP contribution < -0.4 is 9.64 Å². The SMILES string of the molecule is C=CC(=O)N1CC(F)(CN(C)c2nc(OC[C@@]34CCCN3C[C@H](F)C4)nc3c(F)c(-c4cccc5cccc(Cl)c45)ncc23)C1. The van der Waals surface area contributed by atoms with Gasteiger partial charge in [-0.05, 0) is 36.9 Å². The second kappa shape index (κ2) is 11.1. The van der Waals surface area contributed by atoms with Crippen molar-refractivity contribution in [1.82, 2.24) is 24.8 Å². The minimum absolute atomic E-state index is 0.0450. The van der Waals surface area contributed by atoms with E-state index in [0.717, 1.165) is 30.8 Å². The summed E-state index contributed by atoms with van der Waals surface area (Å²) in [7, 11) is 1.64. The molecule has 8 nitrogen and oxygen atoms in total. The molecule has 1 amide bonds. The number of likely N-dealkylation sites (tertiary alicyclic amines) is 1. The predicted octanol–water partition coefficient (Wildman–Crippen LogP) is 5.77. The summed E-state index contributed by atoms with van der Waals surface area (Å²) in [5, 5.41) is 2.21. The molecule has 3 fully saturated rings. The van der Waals surface area contributed by atoms with Gasteiger partial charge in [0.2, 0.25) is 5.91 Å². The highest BCUT2D eigenvalue weighted by molar-refractivity contribution is 6.36. The number of hydrogen-bond acceptors (Lipinski definition) is 7. The topological polar surface area (TPSA) is 74.7 Å². The number of aromatic nitrogens is 3. The second-order valence-electron chi connectivity index (χ2n) is 12.4. The van der Waals surface area contributed by atoms with Gasteiger partial charge in [-0.2, -0.15) is 9.97 Å². The van der Waals surface area contributed by atoms with Crippen molar-refractivity contribution in [2.75, 3.05) is 51.3 Å². The van der Waals surface area contributed by atoms with Crippen LogP contribution in [0.3, 0.4) is 0 Å². The van der Waals surface area contributed by atoms with Gasteiger partial charge in [-0.25, -0.2) is 13.2 Å². The standard InChI is InChI=1S/C33H32ClF3N6O2/c1-3-25(44)42-17-32(37,18-42)16-41(2)30-23-14-38-28(22-9-4-7-20-8-5-10-24(34)26(20)22)27(36)29(23)39-31(40-30)45-19-33-11-6-12-43(33)15-21(35)13-33/h3-5,7-10,14,21H,1,6,11-13,15-19H2,2H3/t21-,33+/m1/s1. The molecule has 3 aliphatic rings. The fraction of sp³-hybridized carbons (Fsp3) is 0.394. The van der Waals surface area contributed by atoms with Crippen LogP contribution in [0, 0.1) is 5.82 Å². The summed E-state index contributed by atoms with van der Waals surface area (Å²) in [6.45, 7) is 4.43. The van der Waals surface area contributed by atoms with Crippen LogP contribution in [0.2, 0.25) is 5.02 Å². The molecule has 2 aromatic heterocycles. The quantitative estimate of drug-likeness (QED) is 0.228. The van der Waals surface area contributed by atoms with Crippen LogP contribution in [0.25, 0.3) is 32.9 Å². The Morgan fingerprint density at radius 3 is 2.80 bits per heavy atom. The Bertz CT molecular complexity index is 1830. The van der Waals surface area contributed by atoms with Gasteiger partial charge in [-0.3, -0.25) is 14.7 Å². The summed E-state index contributed by atoms with van der Waals surface area (Å²) < 4.78 is 52.8. The summed E-state index contributed by atoms with van der Waals surface area (Å²) in [6.07, 6.45) is 3.75. The number of fused-ring (bicyclic) bond motifs is 3. The molecular formula is C33H32ClF3N6O2. The molecule has 0 saturated carbocycles. The lowest BCUT2D eigenvalue weighted by atomic mass is 9.95. The number of rotatable bonds is 8. The molecule has 3 saturated heterocycles. The molecule has 0 unspecified atom stereocenters. The van der Waals surface area contributed by atoms with Gasteiger partial charge in [0.1, 0.15) is 29.8 Å². The maximum atomic E-state index is 16.6. The van der Waals surface area contributed by atoms with Crippen LogP contribution in [-0.2, 0) is 4.79 Å². The second-order valence-corrected chi connectivity index (χ2v) is 12.8. The zero-order valence-electron chi connectivity index (χ0n) is 24.8. The molecule has 0 radical (unpaired) electrons. The van der Waals surface area contributed by atoms with E-state index in [4.69, 9.17) is 16.3 Å². The Balaban J connectivity index is 1.29. The molecule has 2 aromatic carbocycles. The van der Waals surface area contributed by atoms with Gasteiger partial charge >= 0.3 is 6.01 Å². The van der Waals surface area contributed by atoms with Crippen LogP contribution >= 0.6 is 11.6 Å². The Hall–Kier alpha value is -3.96. The molecule has 12 heteroatoms. The molecule has 234 valence electrons. The van der Waals surface area contributed by atoms with Gasteiger partial charge in [0, 0.05) is 42.2 Å². The van der Waals surface area contributed by atoms with E-state index in [0.29, 0.717) is 28.9 Å². The van der Waals surface area contributed by atoms with Crippen molar-refractivity contribution in [2.24, 2.45) is 0 Å². The lowest BCUT2D eigenvalue weighted by Crippen LogP contribution is -2.64. The van der Waals surface area contributed by atoms with E-state index in [1.54, 1.807) is 30.1 Å². The monoisotopic (exact) mass is 636 g/mol. The molecule has 0 aliphatic carbocycles. The van der Waals surface area contributed by atoms with E-state index in [1.165, 1.54) is 11.1 Å². The largest absolute Gasteiger partial charge is 0.461 e. The summed E-state index contributed by atoms with van der Waals surface area (Å²) in [6, 6.07) is 10.8. The molecule has 7 rings (SSSR count). The Morgan fingerprint density at radius 2 is 2.02 bits per heavy atom. The number of carbonyl (C=O) groups excluding carboxylic acids is 1. The first kappa shape index (κ1) is 29.7. The van der Waals surface area contributed by atoms with Crippen LogP contribution in [-0.4, -0.2) is 94.4 Å². The minimum Gasteiger partial charge on any atom is -0.461 e. The minimum atomic E-state index is -1.71. The highest BCUT2D eigenvalue weighted by Crippen LogP contribution is 2.41. The number of ether oxygens (including phenoxy) is 1. The van der Waals surface area contributed by atoms with E-state index in [9.17, 15) is 9.18 Å². The number of halogens is 4. The fourth-order valence-electron chi connectivity index (χ4n) is 7.23. The number of pyridine rings is 1. The molecule has 0 bridgehead atoms. The van der Waals surface area contributed by atoms with E-state index in [-0.39, 0.29) is 60.6 Å². The third-order valence-corrected chi connectivity index (χ3v) is 9.62. The van der Waals surface area contributed by atoms with Crippen LogP contribution in [0.5, 0.6) is 6.01 Å². The van der Waals surface area contributed by atoms with Crippen LogP contribution in [0.4, 0.5) is 19.0 Å². The molecule has 3 aliphatic heterocycles. The molecule has 2 atom stereocenters. The van der Waals surface area contributed by atoms with Gasteiger partial charge in [0.15, 0.2) is 11.5 Å². The summed E-state index contributed by atoms with van der Waals surface area (Å²) in [4.78, 5) is 30.6. The fourth-order valence-corrected chi connectivity index (χ4v) is 7.51. The highest BCUT2D eigenvalue weighted by atomic mass is 35.5. The Kier molecular flexibility index (Phi) is 7.36. The molecule has 0 spiro atoms. The number of alkyl halides is 2. The summed E-state index contributed by atoms with van der Waals surface area (Å²) >= 11 is 6.55. The Labute approximate surface area is 263 Å². The van der Waals surface area contributed by atoms with E-state index in [2.05, 4.69) is 26.4 Å². The first-order valence-corrected chi connectivity index (χ1v) is 15.3. The van der Waals surface area contributed by atoms with E-state index in [1.807, 2.05) is 18.2 Å². The normalized spacial score (nSPS) is 22.4. The third-order valence-electron chi connectivity index (χ3n) is 9.30. The number of benzene rings is 2. The molecule has 45 heavy (non-hydrogen) atoms. The lowest BCUT2D eigenvalue weighted by Gasteiger charge is -2.45. The average molecular weight is 637 g/mol. The van der Waals surface area contributed by atoms with Gasteiger partial charge in [0.05, 0.1) is 30.6 Å². The Morgan fingerprint density at radius 1 is 1.24 bits per heavy atom. The van der Waals surface area contributed by atoms with E-state index >= 15 is 8.78 Å². The van der Waals surface area contributed by atoms with Crippen molar-refractivity contribution in [3.8, 4) is 17.3 Å². The molecule has 4 aromatic rings. The summed E-state index contributed by atoms with van der Waals surface area (Å²) in [5.41, 5.74) is -1.67. The smallest absolute Gasteiger partial charge is 0.319 e. The number of nitrogens with zero attached hydrogens (tertiary/aromatic N) is 6. The third kappa shape index (κ3) is 5.15. The van der Waals surface area contributed by atoms with Gasteiger partial charge in [-0.1, -0.05) is 48.5 Å². The van der Waals surface area contributed by atoms with Crippen molar-refractivity contribution in [3.63, 3.8) is 0 Å². The van der Waals surface area contributed by atoms with Gasteiger partial charge in [0.25, 0.3) is 0 Å². The zero-order chi connectivity index (χ0) is 31.5. The van der Waals surface area contributed by atoms with Crippen molar-refractivity contribution in [1.29, 1.82) is 0 Å². The summed E-state index contributed by atoms with van der Waals surface area (Å²) in [5.74, 6) is -0.817. The number of anilines is 1. The van der Waals surface area contributed by atoms with Gasteiger partial charge in [-0.15, -0.1) is 0 Å². The van der Waals surface area contributed by atoms with Crippen molar-refractivity contribution in [3.05, 3.63) is 66.1 Å². The van der Waals surface area contributed by atoms with Gasteiger partial charge < -0.3 is 14.5 Å². The van der Waals surface area contributed by atoms with Crippen LogP contribution in [0.1, 0.15) is 19.3 Å². The number of hydrogen-bond donors (Lipinski definition) is 0. The highest BCUT2D eigenvalue weighted by Gasteiger charge is 2.50. The maximum Gasteiger partial charge on any atom is 0.319 e. The maximum absolute atomic E-state index is 16.6. The predicted molar refractivity (Wildman–Crippen MR) is 168 cm³/mol. The van der Waals surface area contributed by atoms with Crippen molar-refractivity contribution in [2.45, 2.75) is 36.6 Å².